The predicted molar refractivity (Wildman–Crippen MR) is 128 cm³/mol. The van der Waals surface area contributed by atoms with Crippen LogP contribution in [-0.4, -0.2) is 50.5 Å². The largest absolute Gasteiger partial charge is 0.495 e. The number of thiazole rings is 1. The first-order valence-corrected chi connectivity index (χ1v) is 13.3. The molecule has 2 aromatic heterocycles. The van der Waals surface area contributed by atoms with Crippen LogP contribution in [0, 0.1) is 18.3 Å². The quantitative estimate of drug-likeness (QED) is 0.481. The van der Waals surface area contributed by atoms with Crippen molar-refractivity contribution in [2.75, 3.05) is 27.3 Å². The van der Waals surface area contributed by atoms with Gasteiger partial charge in [-0.15, -0.1) is 17.8 Å². The second-order valence-corrected chi connectivity index (χ2v) is 11.5. The number of carbonyl (C=O) groups is 1. The third-order valence-corrected chi connectivity index (χ3v) is 9.80. The van der Waals surface area contributed by atoms with E-state index in [1.54, 1.807) is 48.4 Å². The van der Waals surface area contributed by atoms with Gasteiger partial charge in [0.1, 0.15) is 25.9 Å². The van der Waals surface area contributed by atoms with E-state index in [9.17, 15) is 13.2 Å². The van der Waals surface area contributed by atoms with Gasteiger partial charge in [-0.1, -0.05) is 23.3 Å². The van der Waals surface area contributed by atoms with Crippen molar-refractivity contribution < 1.29 is 22.7 Å². The zero-order valence-corrected chi connectivity index (χ0v) is 20.6. The topological polar surface area (TPSA) is 90.2 Å². The number of fused-ring (bicyclic) bond motifs is 1. The molecule has 0 aliphatic carbocycles. The van der Waals surface area contributed by atoms with Crippen LogP contribution >= 0.6 is 22.7 Å². The molecule has 1 atom stereocenters. The number of thiophene rings is 1. The smallest absolute Gasteiger partial charge is 0.252 e. The molecule has 0 spiro atoms. The van der Waals surface area contributed by atoms with Gasteiger partial charge in [0.25, 0.3) is 15.9 Å². The van der Waals surface area contributed by atoms with Crippen LogP contribution in [-0.2, 0) is 21.4 Å². The zero-order chi connectivity index (χ0) is 23.6. The van der Waals surface area contributed by atoms with Gasteiger partial charge in [-0.3, -0.25) is 4.79 Å². The number of amides is 1. The number of benzene rings is 1. The fourth-order valence-corrected chi connectivity index (χ4v) is 7.67. The van der Waals surface area contributed by atoms with Crippen LogP contribution in [0.2, 0.25) is 0 Å². The number of terminal acetylenes is 1. The Morgan fingerprint density at radius 2 is 2.03 bits per heavy atom. The van der Waals surface area contributed by atoms with Gasteiger partial charge < -0.3 is 14.0 Å². The number of methoxy groups -OCH3 is 2. The van der Waals surface area contributed by atoms with E-state index in [1.807, 2.05) is 0 Å². The van der Waals surface area contributed by atoms with Crippen molar-refractivity contribution in [3.05, 3.63) is 34.4 Å². The van der Waals surface area contributed by atoms with E-state index < -0.39 is 15.9 Å². The summed E-state index contributed by atoms with van der Waals surface area (Å²) < 4.78 is 41.0. The predicted octanol–water partition coefficient (Wildman–Crippen LogP) is 2.94. The second kappa shape index (κ2) is 9.69. The molecule has 3 aromatic rings. The molecule has 174 valence electrons. The highest BCUT2D eigenvalue weighted by Crippen LogP contribution is 2.35. The standard InChI is InChI=1S/C22H23N3O5S3/c1-4-11-25-19-16(29-2)9-10-17(30-3)20(19)32-22(25)23-21(26)15-7-5-12-24(14-15)33(27,28)18-8-6-13-31-18/h1,6,8-10,13,15H,5,7,11-12,14H2,2-3H3. The van der Waals surface area contributed by atoms with Crippen molar-refractivity contribution in [3.63, 3.8) is 0 Å². The first-order valence-electron chi connectivity index (χ1n) is 10.2. The normalized spacial score (nSPS) is 17.7. The maximum absolute atomic E-state index is 13.2. The summed E-state index contributed by atoms with van der Waals surface area (Å²) >= 11 is 2.46. The molecule has 11 heteroatoms. The molecule has 0 bridgehead atoms. The molecule has 1 unspecified atom stereocenters. The fourth-order valence-electron chi connectivity index (χ4n) is 3.86. The van der Waals surface area contributed by atoms with Crippen molar-refractivity contribution in [1.82, 2.24) is 8.87 Å². The van der Waals surface area contributed by atoms with E-state index in [-0.39, 0.29) is 23.2 Å². The Labute approximate surface area is 200 Å². The minimum atomic E-state index is -3.62. The maximum Gasteiger partial charge on any atom is 0.252 e. The molecule has 1 saturated heterocycles. The average molecular weight is 506 g/mol. The van der Waals surface area contributed by atoms with Crippen molar-refractivity contribution in [3.8, 4) is 23.8 Å². The van der Waals surface area contributed by atoms with Crippen LogP contribution in [0.15, 0.2) is 38.8 Å². The van der Waals surface area contributed by atoms with Crippen molar-refractivity contribution in [2.24, 2.45) is 10.9 Å². The summed E-state index contributed by atoms with van der Waals surface area (Å²) in [5.41, 5.74) is 0.705. The number of hydrogen-bond acceptors (Lipinski definition) is 7. The molecule has 33 heavy (non-hydrogen) atoms. The lowest BCUT2D eigenvalue weighted by Gasteiger charge is -2.29. The lowest BCUT2D eigenvalue weighted by Crippen LogP contribution is -2.42. The molecule has 0 saturated carbocycles. The highest BCUT2D eigenvalue weighted by atomic mass is 32.2. The third-order valence-electron chi connectivity index (χ3n) is 5.47. The Morgan fingerprint density at radius 3 is 2.70 bits per heavy atom. The number of aromatic nitrogens is 1. The average Bonchev–Trinajstić information content (AvgIpc) is 3.48. The monoisotopic (exact) mass is 505 g/mol. The molecule has 1 aliphatic rings. The molecule has 4 rings (SSSR count). The lowest BCUT2D eigenvalue weighted by molar-refractivity contribution is -0.122. The van der Waals surface area contributed by atoms with Gasteiger partial charge in [0, 0.05) is 13.1 Å². The Morgan fingerprint density at radius 1 is 1.27 bits per heavy atom. The number of nitrogens with zero attached hydrogens (tertiary/aromatic N) is 3. The summed E-state index contributed by atoms with van der Waals surface area (Å²) in [5.74, 6) is 2.93. The number of rotatable bonds is 6. The molecule has 0 radical (unpaired) electrons. The van der Waals surface area contributed by atoms with E-state index in [2.05, 4.69) is 10.9 Å². The van der Waals surface area contributed by atoms with E-state index in [0.717, 1.165) is 4.70 Å². The summed E-state index contributed by atoms with van der Waals surface area (Å²) in [6.45, 7) is 0.687. The highest BCUT2D eigenvalue weighted by molar-refractivity contribution is 7.91. The molecule has 3 heterocycles. The van der Waals surface area contributed by atoms with Crippen LogP contribution < -0.4 is 14.3 Å². The number of hydrogen-bond donors (Lipinski definition) is 0. The summed E-state index contributed by atoms with van der Waals surface area (Å²) in [6, 6.07) is 6.85. The Balaban J connectivity index is 1.71. The van der Waals surface area contributed by atoms with Crippen molar-refractivity contribution in [2.45, 2.75) is 23.6 Å². The van der Waals surface area contributed by atoms with Crippen molar-refractivity contribution in [1.29, 1.82) is 0 Å². The second-order valence-electron chi connectivity index (χ2n) is 7.41. The molecule has 1 amide bonds. The maximum atomic E-state index is 13.2. The van der Waals surface area contributed by atoms with Gasteiger partial charge in [0.05, 0.1) is 26.7 Å². The number of carbonyl (C=O) groups excluding carboxylic acids is 1. The SMILES string of the molecule is C#CCn1c(=NC(=O)C2CCCN(S(=O)(=O)c3cccs3)C2)sc2c(OC)ccc(OC)c21. The lowest BCUT2D eigenvalue weighted by atomic mass is 9.99. The highest BCUT2D eigenvalue weighted by Gasteiger charge is 2.34. The van der Waals surface area contributed by atoms with E-state index in [0.29, 0.717) is 41.2 Å². The van der Waals surface area contributed by atoms with Crippen LogP contribution in [0.25, 0.3) is 10.2 Å². The fraction of sp³-hybridized carbons (Fsp3) is 0.364. The first-order chi connectivity index (χ1) is 15.9. The third kappa shape index (κ3) is 4.44. The van der Waals surface area contributed by atoms with Gasteiger partial charge >= 0.3 is 0 Å². The number of piperidine rings is 1. The van der Waals surface area contributed by atoms with Crippen LogP contribution in [0.1, 0.15) is 12.8 Å². The van der Waals surface area contributed by atoms with E-state index >= 15 is 0 Å². The summed E-state index contributed by atoms with van der Waals surface area (Å²) in [7, 11) is -0.488. The number of sulfonamides is 1. The van der Waals surface area contributed by atoms with E-state index in [1.165, 1.54) is 27.0 Å². The van der Waals surface area contributed by atoms with E-state index in [4.69, 9.17) is 15.9 Å². The minimum absolute atomic E-state index is 0.106. The molecule has 1 aliphatic heterocycles. The molecule has 8 nitrogen and oxygen atoms in total. The van der Waals surface area contributed by atoms with Gasteiger partial charge in [-0.05, 0) is 36.4 Å². The van der Waals surface area contributed by atoms with Crippen LogP contribution in [0.4, 0.5) is 0 Å². The van der Waals surface area contributed by atoms with Crippen molar-refractivity contribution >= 4 is 48.8 Å². The van der Waals surface area contributed by atoms with Gasteiger partial charge in [-0.25, -0.2) is 8.42 Å². The summed E-state index contributed by atoms with van der Waals surface area (Å²) in [6.07, 6.45) is 6.76. The number of ether oxygens (including phenoxy) is 2. The van der Waals surface area contributed by atoms with Crippen LogP contribution in [0.5, 0.6) is 11.5 Å². The molecular formula is C22H23N3O5S3. The van der Waals surface area contributed by atoms with Gasteiger partial charge in [0.15, 0.2) is 4.80 Å². The minimum Gasteiger partial charge on any atom is -0.495 e. The van der Waals surface area contributed by atoms with Gasteiger partial charge in [-0.2, -0.15) is 9.30 Å². The summed E-state index contributed by atoms with van der Waals surface area (Å²) in [4.78, 5) is 18.0. The first kappa shape index (κ1) is 23.5. The summed E-state index contributed by atoms with van der Waals surface area (Å²) in [5, 5.41) is 1.73. The van der Waals surface area contributed by atoms with Gasteiger partial charge in [0.2, 0.25) is 0 Å². The molecule has 1 aromatic carbocycles. The Hall–Kier alpha value is -2.65. The molecular weight excluding hydrogens is 482 g/mol. The zero-order valence-electron chi connectivity index (χ0n) is 18.2. The van der Waals surface area contributed by atoms with Crippen LogP contribution in [0.3, 0.4) is 0 Å². The Bertz CT molecular complexity index is 1380. The molecule has 1 fully saturated rings. The molecule has 0 N–H and O–H groups in total. The Kier molecular flexibility index (Phi) is 6.90.